The Labute approximate surface area is 132 Å². The number of fused-ring (bicyclic) bond motifs is 2. The molecule has 1 aliphatic carbocycles. The molecule has 1 amide bonds. The summed E-state index contributed by atoms with van der Waals surface area (Å²) in [6.07, 6.45) is 8.47. The fourth-order valence-corrected chi connectivity index (χ4v) is 3.05. The van der Waals surface area contributed by atoms with Crippen molar-refractivity contribution in [3.8, 4) is 0 Å². The van der Waals surface area contributed by atoms with Crippen LogP contribution in [0.15, 0.2) is 23.1 Å². The van der Waals surface area contributed by atoms with Crippen molar-refractivity contribution in [2.75, 3.05) is 5.32 Å². The van der Waals surface area contributed by atoms with E-state index in [0.717, 1.165) is 49.0 Å². The monoisotopic (exact) mass is 311 g/mol. The van der Waals surface area contributed by atoms with Crippen LogP contribution in [0.4, 0.5) is 5.69 Å². The first kappa shape index (κ1) is 13.9. The highest BCUT2D eigenvalue weighted by Crippen LogP contribution is 2.25. The van der Waals surface area contributed by atoms with E-state index in [2.05, 4.69) is 20.7 Å². The number of aryl methyl sites for hydroxylation is 2. The lowest BCUT2D eigenvalue weighted by atomic mass is 10.1. The van der Waals surface area contributed by atoms with Crippen LogP contribution in [0.1, 0.15) is 46.6 Å². The van der Waals surface area contributed by atoms with Crippen LogP contribution in [0.5, 0.6) is 0 Å². The number of carbonyl (C=O) groups is 1. The molecule has 3 aromatic heterocycles. The van der Waals surface area contributed by atoms with E-state index in [1.807, 2.05) is 19.2 Å². The van der Waals surface area contributed by atoms with Gasteiger partial charge in [0.15, 0.2) is 11.3 Å². The molecule has 7 heteroatoms. The number of hydrogen-bond acceptors (Lipinski definition) is 5. The quantitative estimate of drug-likeness (QED) is 0.735. The number of nitrogens with one attached hydrogen (secondary N) is 1. The predicted molar refractivity (Wildman–Crippen MR) is 83.4 cm³/mol. The van der Waals surface area contributed by atoms with Gasteiger partial charge >= 0.3 is 0 Å². The third-order valence-corrected chi connectivity index (χ3v) is 4.33. The minimum Gasteiger partial charge on any atom is -0.360 e. The van der Waals surface area contributed by atoms with Gasteiger partial charge in [0, 0.05) is 18.2 Å². The molecular formula is C16H17N5O2. The zero-order chi connectivity index (χ0) is 15.8. The van der Waals surface area contributed by atoms with Gasteiger partial charge in [-0.2, -0.15) is 0 Å². The van der Waals surface area contributed by atoms with Crippen LogP contribution in [-0.4, -0.2) is 25.7 Å². The van der Waals surface area contributed by atoms with Crippen LogP contribution in [0.25, 0.3) is 5.65 Å². The van der Waals surface area contributed by atoms with Crippen LogP contribution in [0, 0.1) is 6.92 Å². The van der Waals surface area contributed by atoms with E-state index < -0.39 is 0 Å². The summed E-state index contributed by atoms with van der Waals surface area (Å²) in [5.74, 6) is 0.598. The average molecular weight is 311 g/mol. The number of amides is 1. The second kappa shape index (κ2) is 5.49. The van der Waals surface area contributed by atoms with Gasteiger partial charge in [0.1, 0.15) is 12.1 Å². The molecule has 0 atom stereocenters. The van der Waals surface area contributed by atoms with Crippen molar-refractivity contribution in [1.29, 1.82) is 0 Å². The second-order valence-corrected chi connectivity index (χ2v) is 5.88. The Morgan fingerprint density at radius 2 is 2.17 bits per heavy atom. The predicted octanol–water partition coefficient (Wildman–Crippen LogP) is 2.55. The highest BCUT2D eigenvalue weighted by atomic mass is 16.5. The molecule has 4 rings (SSSR count). The number of rotatable bonds is 2. The maximum atomic E-state index is 12.7. The van der Waals surface area contributed by atoms with Crippen molar-refractivity contribution in [1.82, 2.24) is 19.8 Å². The molecule has 0 saturated carbocycles. The summed E-state index contributed by atoms with van der Waals surface area (Å²) in [6.45, 7) is 1.92. The second-order valence-electron chi connectivity index (χ2n) is 5.88. The Morgan fingerprint density at radius 1 is 1.30 bits per heavy atom. The summed E-state index contributed by atoms with van der Waals surface area (Å²) in [7, 11) is 0. The van der Waals surface area contributed by atoms with Gasteiger partial charge in [0.25, 0.3) is 5.91 Å². The lowest BCUT2D eigenvalue weighted by molar-refractivity contribution is 0.101. The van der Waals surface area contributed by atoms with Crippen LogP contribution < -0.4 is 5.32 Å². The van der Waals surface area contributed by atoms with Gasteiger partial charge in [-0.05, 0) is 37.8 Å². The van der Waals surface area contributed by atoms with E-state index in [1.165, 1.54) is 0 Å². The Kier molecular flexibility index (Phi) is 3.33. The zero-order valence-electron chi connectivity index (χ0n) is 12.9. The average Bonchev–Trinajstić information content (AvgIpc) is 3.11. The summed E-state index contributed by atoms with van der Waals surface area (Å²) in [5, 5.41) is 14.9. The van der Waals surface area contributed by atoms with E-state index in [-0.39, 0.29) is 5.91 Å². The first-order valence-electron chi connectivity index (χ1n) is 7.82. The van der Waals surface area contributed by atoms with Gasteiger partial charge in [-0.25, -0.2) is 0 Å². The maximum absolute atomic E-state index is 12.7. The standard InChI is InChI=1S/C16H17N5O2/c1-10-7-8-21-9-17-19-15(21)13(10)18-16(22)14-11-5-3-2-4-6-12(11)23-20-14/h7-9H,2-6H2,1H3,(H,18,22). The number of hydrogen-bond donors (Lipinski definition) is 1. The SMILES string of the molecule is Cc1ccn2cnnc2c1NC(=O)c1noc2c1CCCCC2. The van der Waals surface area contributed by atoms with E-state index >= 15 is 0 Å². The Bertz CT molecular complexity index is 880. The van der Waals surface area contributed by atoms with Gasteiger partial charge in [-0.15, -0.1) is 10.2 Å². The number of nitrogens with zero attached hydrogens (tertiary/aromatic N) is 4. The molecule has 3 aromatic rings. The molecule has 118 valence electrons. The molecule has 0 radical (unpaired) electrons. The van der Waals surface area contributed by atoms with Crippen LogP contribution in [0.2, 0.25) is 0 Å². The van der Waals surface area contributed by atoms with Crippen LogP contribution >= 0.6 is 0 Å². The first-order chi connectivity index (χ1) is 11.2. The van der Waals surface area contributed by atoms with Crippen LogP contribution in [0.3, 0.4) is 0 Å². The molecule has 1 N–H and O–H groups in total. The minimum atomic E-state index is -0.254. The van der Waals surface area contributed by atoms with E-state index in [0.29, 0.717) is 17.0 Å². The third kappa shape index (κ3) is 2.38. The smallest absolute Gasteiger partial charge is 0.278 e. The Balaban J connectivity index is 1.69. The molecule has 0 fully saturated rings. The molecule has 0 saturated heterocycles. The molecule has 0 aromatic carbocycles. The molecule has 7 nitrogen and oxygen atoms in total. The molecule has 0 unspecified atom stereocenters. The first-order valence-corrected chi connectivity index (χ1v) is 7.82. The van der Waals surface area contributed by atoms with Gasteiger partial charge in [-0.3, -0.25) is 9.20 Å². The summed E-state index contributed by atoms with van der Waals surface area (Å²) in [6, 6.07) is 1.91. The molecule has 0 spiro atoms. The molecular weight excluding hydrogens is 294 g/mol. The number of aromatic nitrogens is 4. The third-order valence-electron chi connectivity index (χ3n) is 4.33. The van der Waals surface area contributed by atoms with Crippen molar-refractivity contribution < 1.29 is 9.32 Å². The van der Waals surface area contributed by atoms with E-state index in [4.69, 9.17) is 4.52 Å². The van der Waals surface area contributed by atoms with Crippen LogP contribution in [-0.2, 0) is 12.8 Å². The largest absolute Gasteiger partial charge is 0.360 e. The normalized spacial score (nSPS) is 14.5. The van der Waals surface area contributed by atoms with Crippen molar-refractivity contribution in [3.63, 3.8) is 0 Å². The Hall–Kier alpha value is -2.70. The van der Waals surface area contributed by atoms with Crippen molar-refractivity contribution in [3.05, 3.63) is 41.2 Å². The molecule has 0 bridgehead atoms. The Morgan fingerprint density at radius 3 is 3.09 bits per heavy atom. The zero-order valence-corrected chi connectivity index (χ0v) is 12.9. The topological polar surface area (TPSA) is 85.3 Å². The van der Waals surface area contributed by atoms with E-state index in [1.54, 1.807) is 10.7 Å². The summed E-state index contributed by atoms with van der Waals surface area (Å²) < 4.78 is 7.15. The number of carbonyl (C=O) groups excluding carboxylic acids is 1. The van der Waals surface area contributed by atoms with Gasteiger partial charge in [0.05, 0.1) is 5.69 Å². The van der Waals surface area contributed by atoms with Crippen molar-refractivity contribution >= 4 is 17.2 Å². The number of anilines is 1. The summed E-state index contributed by atoms with van der Waals surface area (Å²) in [5.41, 5.74) is 3.54. The molecule has 23 heavy (non-hydrogen) atoms. The number of pyridine rings is 1. The summed E-state index contributed by atoms with van der Waals surface area (Å²) in [4.78, 5) is 12.7. The molecule has 1 aliphatic rings. The fourth-order valence-electron chi connectivity index (χ4n) is 3.05. The lowest BCUT2D eigenvalue weighted by Crippen LogP contribution is -2.16. The highest BCUT2D eigenvalue weighted by Gasteiger charge is 2.24. The molecule has 3 heterocycles. The van der Waals surface area contributed by atoms with Gasteiger partial charge < -0.3 is 9.84 Å². The van der Waals surface area contributed by atoms with E-state index in [9.17, 15) is 4.79 Å². The van der Waals surface area contributed by atoms with Crippen molar-refractivity contribution in [2.45, 2.75) is 39.0 Å². The van der Waals surface area contributed by atoms with Gasteiger partial charge in [-0.1, -0.05) is 11.6 Å². The lowest BCUT2D eigenvalue weighted by Gasteiger charge is -2.08. The summed E-state index contributed by atoms with van der Waals surface area (Å²) >= 11 is 0. The molecule has 0 aliphatic heterocycles. The maximum Gasteiger partial charge on any atom is 0.278 e. The highest BCUT2D eigenvalue weighted by molar-refractivity contribution is 6.06. The minimum absolute atomic E-state index is 0.254. The van der Waals surface area contributed by atoms with Gasteiger partial charge in [0.2, 0.25) is 0 Å². The fraction of sp³-hybridized carbons (Fsp3) is 0.375. The van der Waals surface area contributed by atoms with Crippen molar-refractivity contribution in [2.24, 2.45) is 0 Å².